The molecule has 0 bridgehead atoms. The van der Waals surface area contributed by atoms with Gasteiger partial charge in [-0.1, -0.05) is 0 Å². The number of fused-ring (bicyclic) bond motifs is 1. The van der Waals surface area contributed by atoms with Crippen LogP contribution in [0, 0.1) is 0 Å². The number of hydrogen-bond acceptors (Lipinski definition) is 3. The number of rotatable bonds is 4. The molecular formula is C12H23N3. The van der Waals surface area contributed by atoms with Crippen molar-refractivity contribution in [3.8, 4) is 0 Å². The van der Waals surface area contributed by atoms with Gasteiger partial charge < -0.3 is 5.32 Å². The Bertz CT molecular complexity index is 215. The summed E-state index contributed by atoms with van der Waals surface area (Å²) in [5.74, 6) is 0. The number of hydrogen-bond donors (Lipinski definition) is 1. The predicted molar refractivity (Wildman–Crippen MR) is 62.1 cm³/mol. The Labute approximate surface area is 92.8 Å². The lowest BCUT2D eigenvalue weighted by Crippen LogP contribution is -2.51. The molecule has 3 nitrogen and oxygen atoms in total. The quantitative estimate of drug-likeness (QED) is 0.728. The second-order valence-corrected chi connectivity index (χ2v) is 5.36. The molecule has 15 heavy (non-hydrogen) atoms. The predicted octanol–water partition coefficient (Wildman–Crippen LogP) is 0.518. The van der Waals surface area contributed by atoms with Crippen LogP contribution >= 0.6 is 0 Å². The molecule has 1 N–H and O–H groups in total. The van der Waals surface area contributed by atoms with E-state index >= 15 is 0 Å². The fourth-order valence-corrected chi connectivity index (χ4v) is 2.97. The van der Waals surface area contributed by atoms with Gasteiger partial charge in [-0.05, 0) is 32.2 Å². The van der Waals surface area contributed by atoms with Crippen LogP contribution in [0.4, 0.5) is 0 Å². The van der Waals surface area contributed by atoms with Crippen LogP contribution in [0.2, 0.25) is 0 Å². The van der Waals surface area contributed by atoms with Gasteiger partial charge in [0.15, 0.2) is 0 Å². The topological polar surface area (TPSA) is 18.5 Å². The summed E-state index contributed by atoms with van der Waals surface area (Å²) in [6.45, 7) is 7.76. The molecule has 3 heteroatoms. The maximum atomic E-state index is 3.61. The summed E-state index contributed by atoms with van der Waals surface area (Å²) in [5.41, 5.74) is 0. The number of piperazine rings is 1. The van der Waals surface area contributed by atoms with Gasteiger partial charge in [0, 0.05) is 44.8 Å². The zero-order valence-corrected chi connectivity index (χ0v) is 9.62. The van der Waals surface area contributed by atoms with Crippen molar-refractivity contribution >= 4 is 0 Å². The highest BCUT2D eigenvalue weighted by atomic mass is 15.3. The van der Waals surface area contributed by atoms with Crippen molar-refractivity contribution in [1.29, 1.82) is 0 Å². The highest BCUT2D eigenvalue weighted by Gasteiger charge is 2.30. The van der Waals surface area contributed by atoms with Gasteiger partial charge in [0.05, 0.1) is 0 Å². The molecule has 2 aliphatic heterocycles. The second-order valence-electron chi connectivity index (χ2n) is 5.36. The van der Waals surface area contributed by atoms with E-state index in [1.165, 1.54) is 65.0 Å². The zero-order chi connectivity index (χ0) is 10.1. The van der Waals surface area contributed by atoms with Gasteiger partial charge in [0.25, 0.3) is 0 Å². The van der Waals surface area contributed by atoms with Gasteiger partial charge in [0.1, 0.15) is 0 Å². The van der Waals surface area contributed by atoms with Crippen molar-refractivity contribution in [2.45, 2.75) is 37.8 Å². The monoisotopic (exact) mass is 209 g/mol. The van der Waals surface area contributed by atoms with Crippen LogP contribution < -0.4 is 5.32 Å². The van der Waals surface area contributed by atoms with Crippen LogP contribution in [0.3, 0.4) is 0 Å². The lowest BCUT2D eigenvalue weighted by molar-refractivity contribution is 0.105. The van der Waals surface area contributed by atoms with Crippen molar-refractivity contribution in [2.24, 2.45) is 0 Å². The average molecular weight is 209 g/mol. The van der Waals surface area contributed by atoms with Crippen LogP contribution in [0.1, 0.15) is 25.7 Å². The lowest BCUT2D eigenvalue weighted by atomic mass is 10.1. The summed E-state index contributed by atoms with van der Waals surface area (Å²) in [4.78, 5) is 5.34. The highest BCUT2D eigenvalue weighted by Crippen LogP contribution is 2.21. The molecule has 0 aromatic carbocycles. The summed E-state index contributed by atoms with van der Waals surface area (Å²) < 4.78 is 0. The van der Waals surface area contributed by atoms with E-state index in [2.05, 4.69) is 15.1 Å². The summed E-state index contributed by atoms with van der Waals surface area (Å²) >= 11 is 0. The van der Waals surface area contributed by atoms with Crippen molar-refractivity contribution in [3.05, 3.63) is 0 Å². The van der Waals surface area contributed by atoms with E-state index in [9.17, 15) is 0 Å². The fourth-order valence-electron chi connectivity index (χ4n) is 2.97. The summed E-state index contributed by atoms with van der Waals surface area (Å²) in [5, 5.41) is 3.61. The third-order valence-electron chi connectivity index (χ3n) is 4.11. The molecule has 2 saturated heterocycles. The normalized spacial score (nSPS) is 33.2. The largest absolute Gasteiger partial charge is 0.313 e. The third kappa shape index (κ3) is 2.52. The highest BCUT2D eigenvalue weighted by molar-refractivity contribution is 4.87. The molecule has 3 rings (SSSR count). The number of nitrogens with zero attached hydrogens (tertiary/aromatic N) is 2. The molecule has 1 aliphatic carbocycles. The van der Waals surface area contributed by atoms with Crippen LogP contribution in [-0.4, -0.2) is 61.2 Å². The minimum Gasteiger partial charge on any atom is -0.313 e. The summed E-state index contributed by atoms with van der Waals surface area (Å²) in [6.07, 6.45) is 5.69. The molecule has 3 fully saturated rings. The second kappa shape index (κ2) is 4.40. The fraction of sp³-hybridized carbons (Fsp3) is 1.00. The van der Waals surface area contributed by atoms with E-state index in [0.29, 0.717) is 0 Å². The van der Waals surface area contributed by atoms with Crippen molar-refractivity contribution in [1.82, 2.24) is 15.1 Å². The van der Waals surface area contributed by atoms with Crippen molar-refractivity contribution in [2.75, 3.05) is 39.3 Å². The smallest absolute Gasteiger partial charge is 0.0224 e. The Kier molecular flexibility index (Phi) is 2.95. The van der Waals surface area contributed by atoms with E-state index < -0.39 is 0 Å². The Hall–Kier alpha value is -0.120. The van der Waals surface area contributed by atoms with Gasteiger partial charge in [-0.15, -0.1) is 0 Å². The van der Waals surface area contributed by atoms with Crippen LogP contribution in [-0.2, 0) is 0 Å². The first-order valence-corrected chi connectivity index (χ1v) is 6.61. The number of nitrogens with one attached hydrogen (secondary N) is 1. The standard InChI is InChI=1S/C12H23N3/c1-2-12-10-14(8-9-15(12)6-1)7-5-13-11-3-4-11/h11-13H,1-10H2. The van der Waals surface area contributed by atoms with E-state index in [-0.39, 0.29) is 0 Å². The van der Waals surface area contributed by atoms with E-state index in [1.54, 1.807) is 0 Å². The van der Waals surface area contributed by atoms with Crippen LogP contribution in [0.5, 0.6) is 0 Å². The molecule has 0 radical (unpaired) electrons. The average Bonchev–Trinajstić information content (AvgIpc) is 2.95. The maximum Gasteiger partial charge on any atom is 0.0224 e. The van der Waals surface area contributed by atoms with Crippen LogP contribution in [0.15, 0.2) is 0 Å². The zero-order valence-electron chi connectivity index (χ0n) is 9.62. The van der Waals surface area contributed by atoms with Crippen molar-refractivity contribution in [3.63, 3.8) is 0 Å². The van der Waals surface area contributed by atoms with E-state index in [0.717, 1.165) is 12.1 Å². The van der Waals surface area contributed by atoms with Crippen molar-refractivity contribution < 1.29 is 0 Å². The molecule has 0 aromatic rings. The SMILES string of the molecule is C1CC2CN(CCNC3CC3)CCN2C1. The van der Waals surface area contributed by atoms with Gasteiger partial charge >= 0.3 is 0 Å². The van der Waals surface area contributed by atoms with Gasteiger partial charge in [0.2, 0.25) is 0 Å². The molecule has 86 valence electrons. The third-order valence-corrected chi connectivity index (χ3v) is 4.11. The Balaban J connectivity index is 1.38. The van der Waals surface area contributed by atoms with Gasteiger partial charge in [-0.3, -0.25) is 9.80 Å². The Morgan fingerprint density at radius 2 is 2.00 bits per heavy atom. The first-order chi connectivity index (χ1) is 7.42. The van der Waals surface area contributed by atoms with Crippen LogP contribution in [0.25, 0.3) is 0 Å². The maximum absolute atomic E-state index is 3.61. The Morgan fingerprint density at radius 3 is 2.87 bits per heavy atom. The Morgan fingerprint density at radius 1 is 1.07 bits per heavy atom. The molecule has 0 spiro atoms. The van der Waals surface area contributed by atoms with Gasteiger partial charge in [-0.25, -0.2) is 0 Å². The first kappa shape index (κ1) is 10.1. The minimum atomic E-state index is 0.873. The first-order valence-electron chi connectivity index (χ1n) is 6.61. The molecule has 3 aliphatic rings. The molecular weight excluding hydrogens is 186 g/mol. The van der Waals surface area contributed by atoms with Gasteiger partial charge in [-0.2, -0.15) is 0 Å². The summed E-state index contributed by atoms with van der Waals surface area (Å²) in [7, 11) is 0. The molecule has 1 saturated carbocycles. The molecule has 1 atom stereocenters. The van der Waals surface area contributed by atoms with E-state index in [4.69, 9.17) is 0 Å². The molecule has 1 unspecified atom stereocenters. The summed E-state index contributed by atoms with van der Waals surface area (Å²) in [6, 6.07) is 1.76. The lowest BCUT2D eigenvalue weighted by Gasteiger charge is -2.37. The minimum absolute atomic E-state index is 0.873. The molecule has 0 aromatic heterocycles. The van der Waals surface area contributed by atoms with E-state index in [1.807, 2.05) is 0 Å². The molecule has 2 heterocycles. The molecule has 0 amide bonds.